The zero-order valence-corrected chi connectivity index (χ0v) is 5.96. The molecule has 0 saturated carbocycles. The minimum absolute atomic E-state index is 0.278. The summed E-state index contributed by atoms with van der Waals surface area (Å²) in [5.41, 5.74) is -0.278. The van der Waals surface area contributed by atoms with E-state index in [4.69, 9.17) is 5.11 Å². The largest absolute Gasteiger partial charge is 0.390 e. The van der Waals surface area contributed by atoms with Crippen LogP contribution in [0.2, 0.25) is 0 Å². The van der Waals surface area contributed by atoms with Crippen LogP contribution in [-0.2, 0) is 13.0 Å². The molecule has 0 saturated heterocycles. The third kappa shape index (κ3) is 1.37. The first-order valence-electron chi connectivity index (χ1n) is 3.05. The Morgan fingerprint density at radius 3 is 2.73 bits per heavy atom. The number of aliphatic hydroxyl groups excluding tert-OH is 1. The van der Waals surface area contributed by atoms with Crippen LogP contribution in [0.4, 0.5) is 8.78 Å². The highest BCUT2D eigenvalue weighted by atomic mass is 19.3. The Hall–Kier alpha value is -0.970. The van der Waals surface area contributed by atoms with Crippen molar-refractivity contribution in [1.82, 2.24) is 9.78 Å². The van der Waals surface area contributed by atoms with Crippen molar-refractivity contribution >= 4 is 0 Å². The van der Waals surface area contributed by atoms with Gasteiger partial charge in [0.1, 0.15) is 12.3 Å². The fourth-order valence-corrected chi connectivity index (χ4v) is 0.814. The molecule has 0 amide bonds. The van der Waals surface area contributed by atoms with E-state index in [2.05, 4.69) is 5.10 Å². The summed E-state index contributed by atoms with van der Waals surface area (Å²) in [7, 11) is 1.40. The molecule has 0 spiro atoms. The molecule has 1 aromatic rings. The van der Waals surface area contributed by atoms with Gasteiger partial charge in [-0.1, -0.05) is 0 Å². The van der Waals surface area contributed by atoms with Crippen LogP contribution >= 0.6 is 0 Å². The van der Waals surface area contributed by atoms with Crippen molar-refractivity contribution in [3.05, 3.63) is 18.0 Å². The van der Waals surface area contributed by atoms with Crippen LogP contribution in [-0.4, -0.2) is 21.5 Å². The normalized spacial score (nSPS) is 12.0. The van der Waals surface area contributed by atoms with E-state index >= 15 is 0 Å². The number of hydrogen-bond donors (Lipinski definition) is 1. The highest BCUT2D eigenvalue weighted by molar-refractivity contribution is 5.07. The molecule has 0 radical (unpaired) electrons. The van der Waals surface area contributed by atoms with Crippen LogP contribution in [0, 0.1) is 0 Å². The summed E-state index contributed by atoms with van der Waals surface area (Å²) in [6.07, 6.45) is 1.26. The molecule has 0 aromatic carbocycles. The van der Waals surface area contributed by atoms with E-state index in [1.165, 1.54) is 19.3 Å². The van der Waals surface area contributed by atoms with Gasteiger partial charge in [0.05, 0.1) is 0 Å². The van der Waals surface area contributed by atoms with Gasteiger partial charge in [0.2, 0.25) is 0 Å². The summed E-state index contributed by atoms with van der Waals surface area (Å²) >= 11 is 0. The fraction of sp³-hybridized carbons (Fsp3) is 0.500. The van der Waals surface area contributed by atoms with Gasteiger partial charge in [-0.25, -0.2) is 0 Å². The van der Waals surface area contributed by atoms with Crippen LogP contribution in [0.3, 0.4) is 0 Å². The highest BCUT2D eigenvalue weighted by Gasteiger charge is 2.33. The van der Waals surface area contributed by atoms with Crippen molar-refractivity contribution in [2.45, 2.75) is 5.92 Å². The summed E-state index contributed by atoms with van der Waals surface area (Å²) in [5, 5.41) is 11.9. The second-order valence-corrected chi connectivity index (χ2v) is 2.20. The average Bonchev–Trinajstić information content (AvgIpc) is 2.36. The van der Waals surface area contributed by atoms with Crippen molar-refractivity contribution in [2.24, 2.45) is 7.05 Å². The molecule has 62 valence electrons. The van der Waals surface area contributed by atoms with Gasteiger partial charge in [0, 0.05) is 13.2 Å². The molecule has 0 atom stereocenters. The quantitative estimate of drug-likeness (QED) is 0.687. The second kappa shape index (κ2) is 2.58. The highest BCUT2D eigenvalue weighted by Crippen LogP contribution is 2.25. The molecule has 1 N–H and O–H groups in total. The summed E-state index contributed by atoms with van der Waals surface area (Å²) in [5.74, 6) is -3.19. The van der Waals surface area contributed by atoms with E-state index in [9.17, 15) is 8.78 Å². The number of alkyl halides is 2. The predicted octanol–water partition coefficient (Wildman–Crippen LogP) is 0.504. The maximum Gasteiger partial charge on any atom is 0.311 e. The van der Waals surface area contributed by atoms with Crippen molar-refractivity contribution in [1.29, 1.82) is 0 Å². The molecule has 1 rings (SSSR count). The minimum atomic E-state index is -3.19. The fourth-order valence-electron chi connectivity index (χ4n) is 0.814. The molecule has 0 aliphatic rings. The molecule has 1 aromatic heterocycles. The van der Waals surface area contributed by atoms with Crippen LogP contribution < -0.4 is 0 Å². The van der Waals surface area contributed by atoms with Gasteiger partial charge in [0.25, 0.3) is 0 Å². The molecule has 5 heteroatoms. The van der Waals surface area contributed by atoms with E-state index in [0.29, 0.717) is 0 Å². The maximum atomic E-state index is 12.7. The molecule has 3 nitrogen and oxygen atoms in total. The number of nitrogens with zero attached hydrogens (tertiary/aromatic N) is 2. The number of aliphatic hydroxyl groups is 1. The third-order valence-corrected chi connectivity index (χ3v) is 1.39. The third-order valence-electron chi connectivity index (χ3n) is 1.39. The molecule has 11 heavy (non-hydrogen) atoms. The smallest absolute Gasteiger partial charge is 0.311 e. The lowest BCUT2D eigenvalue weighted by Gasteiger charge is -2.12. The SMILES string of the molecule is Cn1nccc1C(F)(F)CO. The van der Waals surface area contributed by atoms with Crippen molar-refractivity contribution in [2.75, 3.05) is 6.61 Å². The monoisotopic (exact) mass is 162 g/mol. The maximum absolute atomic E-state index is 12.7. The Kier molecular flexibility index (Phi) is 1.90. The van der Waals surface area contributed by atoms with E-state index in [1.807, 2.05) is 0 Å². The van der Waals surface area contributed by atoms with Crippen molar-refractivity contribution in [3.8, 4) is 0 Å². The lowest BCUT2D eigenvalue weighted by atomic mass is 10.2. The molecule has 0 fully saturated rings. The summed E-state index contributed by atoms with van der Waals surface area (Å²) in [6.45, 7) is -1.19. The Morgan fingerprint density at radius 2 is 2.36 bits per heavy atom. The summed E-state index contributed by atoms with van der Waals surface area (Å²) < 4.78 is 26.4. The molecule has 0 unspecified atom stereocenters. The summed E-state index contributed by atoms with van der Waals surface area (Å²) in [4.78, 5) is 0. The van der Waals surface area contributed by atoms with Crippen LogP contribution in [0.15, 0.2) is 12.3 Å². The topological polar surface area (TPSA) is 38.0 Å². The molecule has 0 bridgehead atoms. The lowest BCUT2D eigenvalue weighted by Crippen LogP contribution is -2.22. The zero-order valence-electron chi connectivity index (χ0n) is 5.96. The van der Waals surface area contributed by atoms with Gasteiger partial charge in [-0.3, -0.25) is 4.68 Å². The first kappa shape index (κ1) is 8.13. The number of aromatic nitrogens is 2. The standard InChI is InChI=1S/C6H8F2N2O/c1-10-5(2-3-9-10)6(7,8)4-11/h2-3,11H,4H2,1H3. The van der Waals surface area contributed by atoms with Crippen LogP contribution in [0.25, 0.3) is 0 Å². The van der Waals surface area contributed by atoms with Gasteiger partial charge >= 0.3 is 5.92 Å². The minimum Gasteiger partial charge on any atom is -0.390 e. The van der Waals surface area contributed by atoms with Gasteiger partial charge < -0.3 is 5.11 Å². The summed E-state index contributed by atoms with van der Waals surface area (Å²) in [6, 6.07) is 1.18. The molecular formula is C6H8F2N2O. The zero-order chi connectivity index (χ0) is 8.48. The van der Waals surface area contributed by atoms with Crippen LogP contribution in [0.5, 0.6) is 0 Å². The number of rotatable bonds is 2. The van der Waals surface area contributed by atoms with Gasteiger partial charge in [-0.15, -0.1) is 0 Å². The number of hydrogen-bond acceptors (Lipinski definition) is 2. The van der Waals surface area contributed by atoms with E-state index in [-0.39, 0.29) is 5.69 Å². The average molecular weight is 162 g/mol. The molecular weight excluding hydrogens is 154 g/mol. The van der Waals surface area contributed by atoms with Gasteiger partial charge in [-0.2, -0.15) is 13.9 Å². The van der Waals surface area contributed by atoms with E-state index in [0.717, 1.165) is 4.68 Å². The second-order valence-electron chi connectivity index (χ2n) is 2.20. The van der Waals surface area contributed by atoms with Crippen LogP contribution in [0.1, 0.15) is 5.69 Å². The first-order chi connectivity index (χ1) is 5.08. The molecule has 1 heterocycles. The van der Waals surface area contributed by atoms with Crippen molar-refractivity contribution < 1.29 is 13.9 Å². The Balaban J connectivity index is 3.00. The van der Waals surface area contributed by atoms with E-state index in [1.54, 1.807) is 0 Å². The number of halogens is 2. The number of aryl methyl sites for hydroxylation is 1. The lowest BCUT2D eigenvalue weighted by molar-refractivity contribution is -0.0620. The Labute approximate surface area is 62.3 Å². The Bertz CT molecular complexity index is 246. The Morgan fingerprint density at radius 1 is 1.73 bits per heavy atom. The van der Waals surface area contributed by atoms with Gasteiger partial charge in [-0.05, 0) is 6.07 Å². The first-order valence-corrected chi connectivity index (χ1v) is 3.05. The van der Waals surface area contributed by atoms with Gasteiger partial charge in [0.15, 0.2) is 0 Å². The van der Waals surface area contributed by atoms with Crippen molar-refractivity contribution in [3.63, 3.8) is 0 Å². The molecule has 0 aliphatic heterocycles. The van der Waals surface area contributed by atoms with E-state index < -0.39 is 12.5 Å². The predicted molar refractivity (Wildman–Crippen MR) is 34.2 cm³/mol. The molecule has 0 aliphatic carbocycles.